The van der Waals surface area contributed by atoms with Crippen molar-refractivity contribution in [2.24, 2.45) is 0 Å². The first-order chi connectivity index (χ1) is 6.88. The molecule has 0 fully saturated rings. The third kappa shape index (κ3) is 4.53. The Bertz CT molecular complexity index is 429. The van der Waals surface area contributed by atoms with E-state index in [9.17, 15) is 8.42 Å². The SMILES string of the molecule is CN(C)c1cccc(CCS(=O)(=O)Cl)c1. The van der Waals surface area contributed by atoms with Gasteiger partial charge in [0.05, 0.1) is 5.75 Å². The number of hydrogen-bond donors (Lipinski definition) is 0. The minimum absolute atomic E-state index is 0.0224. The quantitative estimate of drug-likeness (QED) is 0.763. The van der Waals surface area contributed by atoms with Gasteiger partial charge in [-0.25, -0.2) is 8.42 Å². The van der Waals surface area contributed by atoms with Gasteiger partial charge in [0.1, 0.15) is 0 Å². The lowest BCUT2D eigenvalue weighted by Crippen LogP contribution is -2.09. The summed E-state index contributed by atoms with van der Waals surface area (Å²) in [5, 5.41) is 0. The molecule has 0 aliphatic heterocycles. The molecule has 15 heavy (non-hydrogen) atoms. The highest BCUT2D eigenvalue weighted by molar-refractivity contribution is 8.13. The molecule has 1 rings (SSSR count). The monoisotopic (exact) mass is 247 g/mol. The molecule has 0 heterocycles. The standard InChI is InChI=1S/C10H14ClNO2S/c1-12(2)10-5-3-4-9(8-10)6-7-15(11,13)14/h3-5,8H,6-7H2,1-2H3. The second-order valence-electron chi connectivity index (χ2n) is 3.56. The van der Waals surface area contributed by atoms with Gasteiger partial charge in [-0.2, -0.15) is 0 Å². The summed E-state index contributed by atoms with van der Waals surface area (Å²) >= 11 is 0. The number of nitrogens with zero attached hydrogens (tertiary/aromatic N) is 1. The van der Waals surface area contributed by atoms with Gasteiger partial charge in [-0.05, 0) is 24.1 Å². The average molecular weight is 248 g/mol. The summed E-state index contributed by atoms with van der Waals surface area (Å²) in [6.07, 6.45) is 0.452. The lowest BCUT2D eigenvalue weighted by Gasteiger charge is -2.13. The Kier molecular flexibility index (Phi) is 3.99. The summed E-state index contributed by atoms with van der Waals surface area (Å²) in [5.41, 5.74) is 2.03. The van der Waals surface area contributed by atoms with E-state index in [1.54, 1.807) is 0 Å². The maximum atomic E-state index is 10.8. The van der Waals surface area contributed by atoms with Crippen molar-refractivity contribution in [2.45, 2.75) is 6.42 Å². The first-order valence-electron chi connectivity index (χ1n) is 4.57. The Morgan fingerprint density at radius 3 is 2.53 bits per heavy atom. The van der Waals surface area contributed by atoms with Crippen molar-refractivity contribution in [3.8, 4) is 0 Å². The minimum atomic E-state index is -3.40. The van der Waals surface area contributed by atoms with Gasteiger partial charge in [-0.15, -0.1) is 0 Å². The summed E-state index contributed by atoms with van der Waals surface area (Å²) in [6.45, 7) is 0. The van der Waals surface area contributed by atoms with Gasteiger partial charge in [-0.1, -0.05) is 12.1 Å². The van der Waals surface area contributed by atoms with E-state index >= 15 is 0 Å². The van der Waals surface area contributed by atoms with Crippen LogP contribution >= 0.6 is 10.7 Å². The van der Waals surface area contributed by atoms with Crippen molar-refractivity contribution in [1.29, 1.82) is 0 Å². The molecule has 0 N–H and O–H groups in total. The summed E-state index contributed by atoms with van der Waals surface area (Å²) < 4.78 is 21.6. The smallest absolute Gasteiger partial charge is 0.232 e. The number of aryl methyl sites for hydroxylation is 1. The van der Waals surface area contributed by atoms with Gasteiger partial charge in [0.25, 0.3) is 0 Å². The predicted octanol–water partition coefficient (Wildman–Crippen LogP) is 1.86. The summed E-state index contributed by atoms with van der Waals surface area (Å²) in [6, 6.07) is 7.74. The van der Waals surface area contributed by atoms with E-state index in [4.69, 9.17) is 10.7 Å². The average Bonchev–Trinajstić information content (AvgIpc) is 2.14. The molecule has 0 bridgehead atoms. The van der Waals surface area contributed by atoms with Crippen molar-refractivity contribution >= 4 is 25.4 Å². The van der Waals surface area contributed by atoms with Crippen LogP contribution in [-0.4, -0.2) is 28.3 Å². The molecule has 0 saturated carbocycles. The van der Waals surface area contributed by atoms with E-state index in [2.05, 4.69) is 0 Å². The number of rotatable bonds is 4. The van der Waals surface area contributed by atoms with E-state index in [0.717, 1.165) is 11.3 Å². The summed E-state index contributed by atoms with van der Waals surface area (Å²) in [5.74, 6) is -0.0224. The van der Waals surface area contributed by atoms with Crippen molar-refractivity contribution < 1.29 is 8.42 Å². The minimum Gasteiger partial charge on any atom is -0.378 e. The zero-order valence-corrected chi connectivity index (χ0v) is 10.3. The first-order valence-corrected chi connectivity index (χ1v) is 7.05. The number of anilines is 1. The Labute approximate surface area is 95.1 Å². The highest BCUT2D eigenvalue weighted by atomic mass is 35.7. The fraction of sp³-hybridized carbons (Fsp3) is 0.400. The fourth-order valence-electron chi connectivity index (χ4n) is 1.23. The van der Waals surface area contributed by atoms with E-state index in [1.165, 1.54) is 0 Å². The molecule has 0 aliphatic rings. The topological polar surface area (TPSA) is 37.4 Å². The predicted molar refractivity (Wildman–Crippen MR) is 64.1 cm³/mol. The fourth-order valence-corrected chi connectivity index (χ4v) is 1.94. The van der Waals surface area contributed by atoms with Gasteiger partial charge in [0.2, 0.25) is 9.05 Å². The van der Waals surface area contributed by atoms with Crippen LogP contribution in [-0.2, 0) is 15.5 Å². The van der Waals surface area contributed by atoms with Gasteiger partial charge >= 0.3 is 0 Å². The van der Waals surface area contributed by atoms with Crippen LogP contribution in [0.2, 0.25) is 0 Å². The highest BCUT2D eigenvalue weighted by Crippen LogP contribution is 2.14. The molecular weight excluding hydrogens is 234 g/mol. The van der Waals surface area contributed by atoms with Crippen LogP contribution in [0.5, 0.6) is 0 Å². The second-order valence-corrected chi connectivity index (χ2v) is 6.45. The zero-order valence-electron chi connectivity index (χ0n) is 8.77. The van der Waals surface area contributed by atoms with Crippen LogP contribution in [0.4, 0.5) is 5.69 Å². The molecule has 0 aromatic heterocycles. The van der Waals surface area contributed by atoms with Crippen LogP contribution in [0.25, 0.3) is 0 Å². The van der Waals surface area contributed by atoms with E-state index < -0.39 is 9.05 Å². The second kappa shape index (κ2) is 4.86. The van der Waals surface area contributed by atoms with Gasteiger partial charge < -0.3 is 4.90 Å². The molecule has 0 saturated heterocycles. The summed E-state index contributed by atoms with van der Waals surface area (Å²) in [4.78, 5) is 1.97. The maximum Gasteiger partial charge on any atom is 0.232 e. The molecule has 5 heteroatoms. The molecule has 1 aromatic rings. The molecule has 0 aliphatic carbocycles. The Hall–Kier alpha value is -0.740. The molecule has 0 unspecified atom stereocenters. The van der Waals surface area contributed by atoms with E-state index in [1.807, 2.05) is 43.3 Å². The molecular formula is C10H14ClNO2S. The van der Waals surface area contributed by atoms with Crippen molar-refractivity contribution in [3.63, 3.8) is 0 Å². The molecule has 3 nitrogen and oxygen atoms in total. The number of benzene rings is 1. The third-order valence-corrected chi connectivity index (χ3v) is 3.22. The van der Waals surface area contributed by atoms with Crippen molar-refractivity contribution in [1.82, 2.24) is 0 Å². The van der Waals surface area contributed by atoms with Crippen molar-refractivity contribution in [2.75, 3.05) is 24.7 Å². The summed E-state index contributed by atoms with van der Waals surface area (Å²) in [7, 11) is 5.63. The first kappa shape index (κ1) is 12.3. The number of hydrogen-bond acceptors (Lipinski definition) is 3. The highest BCUT2D eigenvalue weighted by Gasteiger charge is 2.06. The Morgan fingerprint density at radius 1 is 1.33 bits per heavy atom. The zero-order chi connectivity index (χ0) is 11.5. The van der Waals surface area contributed by atoms with Gasteiger partial charge in [0.15, 0.2) is 0 Å². The van der Waals surface area contributed by atoms with Gasteiger partial charge in [-0.3, -0.25) is 0 Å². The Balaban J connectivity index is 2.74. The lowest BCUT2D eigenvalue weighted by molar-refractivity contribution is 0.609. The van der Waals surface area contributed by atoms with E-state index in [-0.39, 0.29) is 5.75 Å². The Morgan fingerprint density at radius 2 is 2.00 bits per heavy atom. The molecule has 0 radical (unpaired) electrons. The molecule has 0 amide bonds. The normalized spacial score (nSPS) is 11.4. The van der Waals surface area contributed by atoms with Crippen LogP contribution in [0.1, 0.15) is 5.56 Å². The van der Waals surface area contributed by atoms with E-state index in [0.29, 0.717) is 6.42 Å². The van der Waals surface area contributed by atoms with Gasteiger partial charge in [0, 0.05) is 30.5 Å². The largest absolute Gasteiger partial charge is 0.378 e. The number of halogens is 1. The van der Waals surface area contributed by atoms with Crippen LogP contribution in [0.3, 0.4) is 0 Å². The van der Waals surface area contributed by atoms with Crippen molar-refractivity contribution in [3.05, 3.63) is 29.8 Å². The molecule has 1 aromatic carbocycles. The van der Waals surface area contributed by atoms with Crippen LogP contribution in [0.15, 0.2) is 24.3 Å². The third-order valence-electron chi connectivity index (χ3n) is 2.06. The van der Waals surface area contributed by atoms with Crippen LogP contribution < -0.4 is 4.90 Å². The van der Waals surface area contributed by atoms with Crippen LogP contribution in [0, 0.1) is 0 Å². The lowest BCUT2D eigenvalue weighted by atomic mass is 10.1. The maximum absolute atomic E-state index is 10.8. The molecule has 84 valence electrons. The molecule has 0 spiro atoms. The molecule has 0 atom stereocenters.